The van der Waals surface area contributed by atoms with Crippen LogP contribution < -0.4 is 0 Å². The first-order valence-corrected chi connectivity index (χ1v) is 12.6. The van der Waals surface area contributed by atoms with Gasteiger partial charge >= 0.3 is 0 Å². The molecule has 2 aromatic carbocycles. The molecule has 3 aromatic rings. The number of nitrogens with zero attached hydrogens (tertiary/aromatic N) is 3. The number of aryl methyl sites for hydroxylation is 1. The average Bonchev–Trinajstić information content (AvgIpc) is 3.21. The van der Waals surface area contributed by atoms with E-state index < -0.39 is 10.0 Å². The van der Waals surface area contributed by atoms with E-state index in [1.807, 2.05) is 54.1 Å². The number of hydrogen-bond acceptors (Lipinski definition) is 3. The predicted molar refractivity (Wildman–Crippen MR) is 124 cm³/mol. The second-order valence-corrected chi connectivity index (χ2v) is 10.5. The summed E-state index contributed by atoms with van der Waals surface area (Å²) in [4.78, 5) is 4.85. The highest BCUT2D eigenvalue weighted by atomic mass is 35.5. The first kappa shape index (κ1) is 22.1. The fourth-order valence-corrected chi connectivity index (χ4v) is 6.05. The molecule has 5 nitrogen and oxygen atoms in total. The molecule has 0 bridgehead atoms. The van der Waals surface area contributed by atoms with E-state index in [4.69, 9.17) is 11.6 Å². The molecule has 0 N–H and O–H groups in total. The Bertz CT molecular complexity index is 1120. The van der Waals surface area contributed by atoms with E-state index in [9.17, 15) is 8.42 Å². The lowest BCUT2D eigenvalue weighted by Gasteiger charge is -2.33. The first-order chi connectivity index (χ1) is 14.9. The Morgan fingerprint density at radius 1 is 1.06 bits per heavy atom. The lowest BCUT2D eigenvalue weighted by molar-refractivity contribution is 0.242. The highest BCUT2D eigenvalue weighted by Crippen LogP contribution is 2.29. The fourth-order valence-electron chi connectivity index (χ4n) is 4.21. The van der Waals surface area contributed by atoms with Crippen LogP contribution in [0.5, 0.6) is 0 Å². The Morgan fingerprint density at radius 2 is 1.77 bits per heavy atom. The van der Waals surface area contributed by atoms with Crippen molar-refractivity contribution in [2.45, 2.75) is 63.1 Å². The third kappa shape index (κ3) is 5.03. The maximum atomic E-state index is 13.7. The quantitative estimate of drug-likeness (QED) is 0.476. The fraction of sp³-hybridized carbons (Fsp3) is 0.375. The third-order valence-corrected chi connectivity index (χ3v) is 8.29. The van der Waals surface area contributed by atoms with E-state index in [0.717, 1.165) is 49.1 Å². The van der Waals surface area contributed by atoms with E-state index in [0.29, 0.717) is 16.5 Å². The molecule has 7 heteroatoms. The molecule has 0 spiro atoms. The van der Waals surface area contributed by atoms with Gasteiger partial charge in [0.15, 0.2) is 0 Å². The summed E-state index contributed by atoms with van der Waals surface area (Å²) < 4.78 is 31.0. The van der Waals surface area contributed by atoms with Crippen LogP contribution >= 0.6 is 11.6 Å². The molecule has 0 atom stereocenters. The summed E-state index contributed by atoms with van der Waals surface area (Å²) in [5.41, 5.74) is 2.02. The third-order valence-electron chi connectivity index (χ3n) is 6.01. The van der Waals surface area contributed by atoms with Crippen LogP contribution in [0.2, 0.25) is 5.02 Å². The summed E-state index contributed by atoms with van der Waals surface area (Å²) in [6, 6.07) is 14.8. The summed E-state index contributed by atoms with van der Waals surface area (Å²) in [5.74, 6) is 0.723. The Morgan fingerprint density at radius 3 is 2.48 bits per heavy atom. The highest BCUT2D eigenvalue weighted by Gasteiger charge is 2.33. The molecule has 1 saturated carbocycles. The van der Waals surface area contributed by atoms with Gasteiger partial charge in [0, 0.05) is 23.5 Å². The predicted octanol–water partition coefficient (Wildman–Crippen LogP) is 5.42. The van der Waals surface area contributed by atoms with Crippen molar-refractivity contribution < 1.29 is 8.42 Å². The molecule has 1 aliphatic carbocycles. The average molecular weight is 458 g/mol. The summed E-state index contributed by atoms with van der Waals surface area (Å²) in [5, 5.41) is 0.693. The van der Waals surface area contributed by atoms with Gasteiger partial charge in [-0.15, -0.1) is 0 Å². The number of halogens is 1. The van der Waals surface area contributed by atoms with Crippen LogP contribution in [0.15, 0.2) is 65.8 Å². The van der Waals surface area contributed by atoms with Crippen molar-refractivity contribution in [1.29, 1.82) is 0 Å². The van der Waals surface area contributed by atoms with Crippen LogP contribution in [-0.4, -0.2) is 28.3 Å². The minimum atomic E-state index is -3.64. The van der Waals surface area contributed by atoms with Gasteiger partial charge in [-0.05, 0) is 43.5 Å². The van der Waals surface area contributed by atoms with E-state index in [-0.39, 0.29) is 12.6 Å². The Labute approximate surface area is 189 Å². The molecule has 0 amide bonds. The maximum Gasteiger partial charge on any atom is 0.243 e. The van der Waals surface area contributed by atoms with Gasteiger partial charge in [0.05, 0.1) is 18.0 Å². The molecule has 0 unspecified atom stereocenters. The van der Waals surface area contributed by atoms with E-state index >= 15 is 0 Å². The van der Waals surface area contributed by atoms with Crippen molar-refractivity contribution in [1.82, 2.24) is 13.9 Å². The normalized spacial score (nSPS) is 15.5. The summed E-state index contributed by atoms with van der Waals surface area (Å²) >= 11 is 6.35. The zero-order chi connectivity index (χ0) is 21.8. The van der Waals surface area contributed by atoms with E-state index in [1.165, 1.54) is 0 Å². The molecule has 0 radical (unpaired) electrons. The van der Waals surface area contributed by atoms with Gasteiger partial charge in [0.1, 0.15) is 5.82 Å². The second-order valence-electron chi connectivity index (χ2n) is 8.22. The number of imidazole rings is 1. The van der Waals surface area contributed by atoms with Gasteiger partial charge in [-0.25, -0.2) is 13.4 Å². The summed E-state index contributed by atoms with van der Waals surface area (Å²) in [6.07, 6.45) is 8.65. The monoisotopic (exact) mass is 457 g/mol. The number of sulfonamides is 1. The molecular formula is C24H28ClN3O2S. The van der Waals surface area contributed by atoms with E-state index in [2.05, 4.69) is 4.98 Å². The smallest absolute Gasteiger partial charge is 0.243 e. The molecule has 1 fully saturated rings. The molecule has 0 saturated heterocycles. The Hall–Kier alpha value is -2.15. The molecule has 164 valence electrons. The minimum absolute atomic E-state index is 0.00878. The van der Waals surface area contributed by atoms with Crippen molar-refractivity contribution >= 4 is 21.6 Å². The molecule has 1 heterocycles. The zero-order valence-corrected chi connectivity index (χ0v) is 19.3. The van der Waals surface area contributed by atoms with Crippen LogP contribution in [0, 0.1) is 6.92 Å². The van der Waals surface area contributed by atoms with Crippen molar-refractivity contribution in [2.75, 3.05) is 0 Å². The van der Waals surface area contributed by atoms with Crippen LogP contribution in [-0.2, 0) is 23.1 Å². The van der Waals surface area contributed by atoms with Gasteiger partial charge in [-0.3, -0.25) is 0 Å². The molecule has 4 rings (SSSR count). The molecule has 0 aliphatic heterocycles. The SMILES string of the molecule is Cc1ccc(S(=O)(=O)N(Cc2nccn2Cc2ccccc2Cl)C2CCCCC2)cc1. The van der Waals surface area contributed by atoms with Crippen molar-refractivity contribution in [3.8, 4) is 0 Å². The molecule has 31 heavy (non-hydrogen) atoms. The van der Waals surface area contributed by atoms with E-state index in [1.54, 1.807) is 22.6 Å². The number of aromatic nitrogens is 2. The van der Waals surface area contributed by atoms with Crippen LogP contribution in [0.3, 0.4) is 0 Å². The minimum Gasteiger partial charge on any atom is -0.329 e. The number of hydrogen-bond donors (Lipinski definition) is 0. The van der Waals surface area contributed by atoms with Crippen molar-refractivity contribution in [3.05, 3.63) is 82.9 Å². The van der Waals surface area contributed by atoms with Gasteiger partial charge in [-0.1, -0.05) is 66.8 Å². The Balaban J connectivity index is 1.65. The topological polar surface area (TPSA) is 55.2 Å². The molecule has 1 aliphatic rings. The highest BCUT2D eigenvalue weighted by molar-refractivity contribution is 7.89. The Kier molecular flexibility index (Phi) is 6.80. The number of rotatable bonds is 7. The van der Waals surface area contributed by atoms with Crippen LogP contribution in [0.4, 0.5) is 0 Å². The largest absolute Gasteiger partial charge is 0.329 e. The first-order valence-electron chi connectivity index (χ1n) is 10.8. The molecule has 1 aromatic heterocycles. The van der Waals surface area contributed by atoms with Crippen LogP contribution in [0.25, 0.3) is 0 Å². The standard InChI is InChI=1S/C24H28ClN3O2S/c1-19-11-13-22(14-12-19)31(29,30)28(21-8-3-2-4-9-21)18-24-26-15-16-27(24)17-20-7-5-6-10-23(20)25/h5-7,10-16,21H,2-4,8-9,17-18H2,1H3. The van der Waals surface area contributed by atoms with Gasteiger partial charge in [0.25, 0.3) is 0 Å². The lowest BCUT2D eigenvalue weighted by atomic mass is 9.95. The lowest BCUT2D eigenvalue weighted by Crippen LogP contribution is -2.41. The summed E-state index contributed by atoms with van der Waals surface area (Å²) in [7, 11) is -3.64. The maximum absolute atomic E-state index is 13.7. The van der Waals surface area contributed by atoms with Crippen LogP contribution in [0.1, 0.15) is 49.1 Å². The molecular weight excluding hydrogens is 430 g/mol. The van der Waals surface area contributed by atoms with Crippen molar-refractivity contribution in [3.63, 3.8) is 0 Å². The summed E-state index contributed by atoms with van der Waals surface area (Å²) in [6.45, 7) is 2.76. The second kappa shape index (κ2) is 9.55. The van der Waals surface area contributed by atoms with Gasteiger partial charge in [0.2, 0.25) is 10.0 Å². The number of benzene rings is 2. The zero-order valence-electron chi connectivity index (χ0n) is 17.7. The van der Waals surface area contributed by atoms with Gasteiger partial charge in [-0.2, -0.15) is 4.31 Å². The van der Waals surface area contributed by atoms with Crippen molar-refractivity contribution in [2.24, 2.45) is 0 Å². The van der Waals surface area contributed by atoms with Gasteiger partial charge < -0.3 is 4.57 Å².